The molecule has 0 aliphatic carbocycles. The fraction of sp³-hybridized carbons (Fsp3) is 0.412. The third-order valence-electron chi connectivity index (χ3n) is 3.48. The van der Waals surface area contributed by atoms with Crippen molar-refractivity contribution in [1.29, 1.82) is 0 Å². The van der Waals surface area contributed by atoms with Crippen LogP contribution in [0.25, 0.3) is 5.57 Å². The van der Waals surface area contributed by atoms with E-state index in [4.69, 9.17) is 9.57 Å². The summed E-state index contributed by atoms with van der Waals surface area (Å²) in [5.41, 5.74) is 1.92. The smallest absolute Gasteiger partial charge is 0.311 e. The summed E-state index contributed by atoms with van der Waals surface area (Å²) in [6, 6.07) is 9.72. The maximum absolute atomic E-state index is 12.0. The van der Waals surface area contributed by atoms with E-state index in [2.05, 4.69) is 0 Å². The maximum Gasteiger partial charge on any atom is 0.311 e. The number of rotatable bonds is 3. The average molecular weight is 303 g/mol. The molecule has 1 aromatic carbocycles. The molecule has 1 aromatic rings. The van der Waals surface area contributed by atoms with E-state index in [-0.39, 0.29) is 12.3 Å². The van der Waals surface area contributed by atoms with Gasteiger partial charge in [0.25, 0.3) is 0 Å². The van der Waals surface area contributed by atoms with Crippen LogP contribution >= 0.6 is 0 Å². The Balaban J connectivity index is 2.56. The molecule has 1 heterocycles. The minimum Gasteiger partial charge on any atom is -0.469 e. The van der Waals surface area contributed by atoms with E-state index in [9.17, 15) is 9.59 Å². The van der Waals surface area contributed by atoms with E-state index < -0.39 is 11.6 Å². The van der Waals surface area contributed by atoms with E-state index in [0.717, 1.165) is 11.1 Å². The number of nitrogens with zero attached hydrogens (tertiary/aromatic N) is 1. The van der Waals surface area contributed by atoms with E-state index in [1.807, 2.05) is 44.2 Å². The zero-order valence-corrected chi connectivity index (χ0v) is 13.4. The van der Waals surface area contributed by atoms with E-state index >= 15 is 0 Å². The second-order valence-electron chi connectivity index (χ2n) is 5.89. The number of ether oxygens (including phenoxy) is 1. The molecule has 0 radical (unpaired) electrons. The van der Waals surface area contributed by atoms with Crippen molar-refractivity contribution in [3.8, 4) is 0 Å². The van der Waals surface area contributed by atoms with Gasteiger partial charge in [0, 0.05) is 13.3 Å². The molecule has 118 valence electrons. The summed E-state index contributed by atoms with van der Waals surface area (Å²) < 4.78 is 4.75. The van der Waals surface area contributed by atoms with Gasteiger partial charge < -0.3 is 4.74 Å². The number of hydroxylamine groups is 2. The zero-order chi connectivity index (χ0) is 16.3. The number of hydrogen-bond donors (Lipinski definition) is 0. The van der Waals surface area contributed by atoms with Crippen LogP contribution in [0.15, 0.2) is 36.0 Å². The van der Waals surface area contributed by atoms with Crippen LogP contribution in [0.3, 0.4) is 0 Å². The van der Waals surface area contributed by atoms with Gasteiger partial charge in [-0.1, -0.05) is 30.3 Å². The van der Waals surface area contributed by atoms with Gasteiger partial charge in [0.15, 0.2) is 0 Å². The number of amides is 1. The van der Waals surface area contributed by atoms with Crippen LogP contribution in [-0.4, -0.2) is 29.7 Å². The highest BCUT2D eigenvalue weighted by Crippen LogP contribution is 2.38. The fourth-order valence-electron chi connectivity index (χ4n) is 2.53. The molecule has 0 aromatic heterocycles. The molecule has 5 heteroatoms. The Kier molecular flexibility index (Phi) is 4.66. The van der Waals surface area contributed by atoms with Crippen LogP contribution in [0.2, 0.25) is 0 Å². The normalized spacial score (nSPS) is 17.4. The lowest BCUT2D eigenvalue weighted by Crippen LogP contribution is -2.43. The summed E-state index contributed by atoms with van der Waals surface area (Å²) in [7, 11) is 1.33. The van der Waals surface area contributed by atoms with Crippen LogP contribution in [0.1, 0.15) is 39.2 Å². The highest BCUT2D eigenvalue weighted by atomic mass is 16.7. The van der Waals surface area contributed by atoms with Crippen LogP contribution < -0.4 is 0 Å². The second kappa shape index (κ2) is 6.32. The van der Waals surface area contributed by atoms with E-state index in [1.165, 1.54) is 19.1 Å². The van der Waals surface area contributed by atoms with Gasteiger partial charge in [-0.15, -0.1) is 0 Å². The number of hydrogen-bond acceptors (Lipinski definition) is 4. The van der Waals surface area contributed by atoms with Crippen LogP contribution in [0.4, 0.5) is 0 Å². The molecule has 1 amide bonds. The Bertz CT molecular complexity index is 604. The summed E-state index contributed by atoms with van der Waals surface area (Å²) in [5.74, 6) is -0.668. The number of methoxy groups -OCH3 is 1. The molecular weight excluding hydrogens is 282 g/mol. The molecular formula is C17H21NO4. The van der Waals surface area contributed by atoms with Crippen molar-refractivity contribution >= 4 is 17.4 Å². The Hall–Kier alpha value is -2.14. The molecule has 0 spiro atoms. The monoisotopic (exact) mass is 303 g/mol. The van der Waals surface area contributed by atoms with Crippen molar-refractivity contribution in [1.82, 2.24) is 5.06 Å². The largest absolute Gasteiger partial charge is 0.469 e. The third-order valence-corrected chi connectivity index (χ3v) is 3.48. The highest BCUT2D eigenvalue weighted by Gasteiger charge is 2.36. The quantitative estimate of drug-likeness (QED) is 0.806. The average Bonchev–Trinajstić information content (AvgIpc) is 2.48. The molecule has 0 N–H and O–H groups in total. The highest BCUT2D eigenvalue weighted by molar-refractivity contribution is 5.84. The summed E-state index contributed by atoms with van der Waals surface area (Å²) in [6.45, 7) is 5.25. The van der Waals surface area contributed by atoms with Gasteiger partial charge in [-0.05, 0) is 25.0 Å². The summed E-state index contributed by atoms with van der Waals surface area (Å²) >= 11 is 0. The van der Waals surface area contributed by atoms with Gasteiger partial charge in [0.1, 0.15) is 0 Å². The third kappa shape index (κ3) is 3.54. The van der Waals surface area contributed by atoms with Crippen molar-refractivity contribution in [2.75, 3.05) is 7.11 Å². The summed E-state index contributed by atoms with van der Waals surface area (Å²) in [5, 5.41) is 1.22. The topological polar surface area (TPSA) is 55.8 Å². The van der Waals surface area contributed by atoms with Crippen molar-refractivity contribution in [2.24, 2.45) is 0 Å². The molecule has 1 aliphatic rings. The van der Waals surface area contributed by atoms with Gasteiger partial charge in [-0.3, -0.25) is 14.4 Å². The predicted octanol–water partition coefficient (Wildman–Crippen LogP) is 2.92. The molecule has 0 unspecified atom stereocenters. The lowest BCUT2D eigenvalue weighted by atomic mass is 9.89. The Morgan fingerprint density at radius 2 is 1.91 bits per heavy atom. The molecule has 22 heavy (non-hydrogen) atoms. The van der Waals surface area contributed by atoms with Crippen molar-refractivity contribution in [2.45, 2.75) is 39.2 Å². The first-order valence-corrected chi connectivity index (χ1v) is 7.18. The molecule has 0 fully saturated rings. The second-order valence-corrected chi connectivity index (χ2v) is 5.89. The molecule has 5 nitrogen and oxygen atoms in total. The van der Waals surface area contributed by atoms with Crippen molar-refractivity contribution < 1.29 is 19.2 Å². The molecule has 0 saturated heterocycles. The summed E-state index contributed by atoms with van der Waals surface area (Å²) in [4.78, 5) is 29.5. The number of carbonyl (C=O) groups excluding carboxylic acids is 2. The van der Waals surface area contributed by atoms with Gasteiger partial charge in [0.05, 0.1) is 24.8 Å². The van der Waals surface area contributed by atoms with Crippen LogP contribution in [-0.2, 0) is 19.2 Å². The fourth-order valence-corrected chi connectivity index (χ4v) is 2.53. The zero-order valence-electron chi connectivity index (χ0n) is 13.4. The molecule has 0 bridgehead atoms. The number of benzene rings is 1. The Labute approximate surface area is 130 Å². The van der Waals surface area contributed by atoms with Crippen LogP contribution in [0.5, 0.6) is 0 Å². The Morgan fingerprint density at radius 3 is 2.45 bits per heavy atom. The number of esters is 1. The lowest BCUT2D eigenvalue weighted by molar-refractivity contribution is -0.220. The van der Waals surface area contributed by atoms with E-state index in [1.54, 1.807) is 0 Å². The first-order valence-electron chi connectivity index (χ1n) is 7.18. The first-order chi connectivity index (χ1) is 10.3. The SMILES string of the molecule is COC(=O)CC1=C(c2ccccc2)CC(C)(C)ON1C(C)=O. The molecule has 1 aliphatic heterocycles. The van der Waals surface area contributed by atoms with Gasteiger partial charge in [-0.2, -0.15) is 5.06 Å². The van der Waals surface area contributed by atoms with Crippen LogP contribution in [0, 0.1) is 0 Å². The summed E-state index contributed by atoms with van der Waals surface area (Å²) in [6.07, 6.45) is 0.601. The predicted molar refractivity (Wildman–Crippen MR) is 82.3 cm³/mol. The van der Waals surface area contributed by atoms with Crippen molar-refractivity contribution in [3.05, 3.63) is 41.6 Å². The molecule has 0 atom stereocenters. The van der Waals surface area contributed by atoms with E-state index in [0.29, 0.717) is 12.1 Å². The van der Waals surface area contributed by atoms with Gasteiger partial charge in [0.2, 0.25) is 5.91 Å². The standard InChI is InChI=1S/C17H21NO4/c1-12(19)18-15(10-16(20)21-4)14(11-17(2,3)22-18)13-8-6-5-7-9-13/h5-9H,10-11H2,1-4H3. The minimum atomic E-state index is -0.531. The molecule has 0 saturated carbocycles. The van der Waals surface area contributed by atoms with Crippen molar-refractivity contribution in [3.63, 3.8) is 0 Å². The lowest BCUT2D eigenvalue weighted by Gasteiger charge is -2.39. The minimum absolute atomic E-state index is 0.00358. The Morgan fingerprint density at radius 1 is 1.27 bits per heavy atom. The number of carbonyl (C=O) groups is 2. The molecule has 2 rings (SSSR count). The van der Waals surface area contributed by atoms with Gasteiger partial charge in [-0.25, -0.2) is 0 Å². The maximum atomic E-state index is 12.0. The first kappa shape index (κ1) is 16.2. The van der Waals surface area contributed by atoms with Gasteiger partial charge >= 0.3 is 5.97 Å².